The smallest absolute Gasteiger partial charge is 0.349 e. The first kappa shape index (κ1) is 14.6. The van der Waals surface area contributed by atoms with Crippen molar-refractivity contribution in [3.63, 3.8) is 0 Å². The number of rotatable bonds is 3. The summed E-state index contributed by atoms with van der Waals surface area (Å²) >= 11 is 2.93. The van der Waals surface area contributed by atoms with Gasteiger partial charge in [-0.2, -0.15) is 0 Å². The lowest BCUT2D eigenvalue weighted by molar-refractivity contribution is 0.0467. The van der Waals surface area contributed by atoms with Crippen LogP contribution in [0.1, 0.15) is 37.9 Å². The average Bonchev–Trinajstić information content (AvgIpc) is 3.19. The number of nitrogens with one attached hydrogen (secondary N) is 1. The zero-order valence-corrected chi connectivity index (χ0v) is 14.1. The number of fused-ring (bicyclic) bond motifs is 3. The van der Waals surface area contributed by atoms with Gasteiger partial charge in [-0.1, -0.05) is 0 Å². The number of hydrogen-bond acceptors (Lipinski definition) is 6. The highest BCUT2D eigenvalue weighted by atomic mass is 32.1. The second-order valence-corrected chi connectivity index (χ2v) is 7.56. The Labute approximate surface area is 140 Å². The molecule has 3 aromatic rings. The number of nitrogens with zero attached hydrogens (tertiary/aromatic N) is 1. The molecule has 0 atom stereocenters. The lowest BCUT2D eigenvalue weighted by atomic mass is 10.2. The Bertz CT molecular complexity index is 968. The normalized spacial score (nSPS) is 13.4. The molecule has 0 saturated carbocycles. The van der Waals surface area contributed by atoms with Crippen molar-refractivity contribution in [2.45, 2.75) is 32.8 Å². The molecule has 0 aliphatic heterocycles. The zero-order valence-electron chi connectivity index (χ0n) is 12.5. The minimum atomic E-state index is -0.381. The van der Waals surface area contributed by atoms with Crippen LogP contribution in [0.2, 0.25) is 0 Å². The van der Waals surface area contributed by atoms with Gasteiger partial charge in [0, 0.05) is 4.88 Å². The second kappa shape index (κ2) is 5.58. The summed E-state index contributed by atoms with van der Waals surface area (Å²) in [6.07, 6.45) is 3.08. The van der Waals surface area contributed by atoms with Crippen molar-refractivity contribution >= 4 is 38.9 Å². The summed E-state index contributed by atoms with van der Waals surface area (Å²) in [5.41, 5.74) is 1.91. The number of ether oxygens (including phenoxy) is 1. The van der Waals surface area contributed by atoms with Gasteiger partial charge in [0.2, 0.25) is 0 Å². The average molecular weight is 346 g/mol. The molecule has 1 N–H and O–H groups in total. The van der Waals surface area contributed by atoms with Gasteiger partial charge in [-0.05, 0) is 48.8 Å². The molecule has 0 unspecified atom stereocenters. The van der Waals surface area contributed by atoms with Crippen molar-refractivity contribution in [3.05, 3.63) is 48.5 Å². The van der Waals surface area contributed by atoms with E-state index in [0.29, 0.717) is 16.1 Å². The standard InChI is InChI=1S/C16H14N2O3S2/c1-8-5-6-22-13(8)16(20)21-7-11-17-14(19)12-9-3-2-4-10(9)23-15(12)18-11/h5-6H,2-4,7H2,1H3,(H,17,18,19). The number of carbonyl (C=O) groups is 1. The number of hydrogen-bond donors (Lipinski definition) is 1. The van der Waals surface area contributed by atoms with Crippen LogP contribution in [-0.2, 0) is 24.2 Å². The van der Waals surface area contributed by atoms with Crippen molar-refractivity contribution < 1.29 is 9.53 Å². The van der Waals surface area contributed by atoms with E-state index >= 15 is 0 Å². The molecule has 1 aliphatic carbocycles. The topological polar surface area (TPSA) is 72.0 Å². The van der Waals surface area contributed by atoms with E-state index < -0.39 is 0 Å². The molecule has 23 heavy (non-hydrogen) atoms. The molecule has 0 spiro atoms. The van der Waals surface area contributed by atoms with Gasteiger partial charge < -0.3 is 9.72 Å². The van der Waals surface area contributed by atoms with Crippen LogP contribution in [0, 0.1) is 6.92 Å². The molecule has 4 rings (SSSR count). The van der Waals surface area contributed by atoms with Crippen molar-refractivity contribution in [1.82, 2.24) is 9.97 Å². The summed E-state index contributed by atoms with van der Waals surface area (Å²) in [6, 6.07) is 1.88. The monoisotopic (exact) mass is 346 g/mol. The number of esters is 1. The molecule has 0 aromatic carbocycles. The summed E-state index contributed by atoms with van der Waals surface area (Å²) in [5, 5.41) is 2.57. The number of aromatic amines is 1. The quantitative estimate of drug-likeness (QED) is 0.739. The third-order valence-electron chi connectivity index (χ3n) is 4.01. The predicted octanol–water partition coefficient (Wildman–Crippen LogP) is 3.20. The third kappa shape index (κ3) is 2.49. The summed E-state index contributed by atoms with van der Waals surface area (Å²) < 4.78 is 5.28. The lowest BCUT2D eigenvalue weighted by Gasteiger charge is -2.04. The van der Waals surface area contributed by atoms with Crippen molar-refractivity contribution in [2.75, 3.05) is 0 Å². The first-order valence-corrected chi connectivity index (χ1v) is 9.08. The van der Waals surface area contributed by atoms with E-state index in [1.165, 1.54) is 16.2 Å². The fourth-order valence-corrected chi connectivity index (χ4v) is 4.99. The largest absolute Gasteiger partial charge is 0.453 e. The Hall–Kier alpha value is -1.99. The fourth-order valence-electron chi connectivity index (χ4n) is 2.90. The molecule has 118 valence electrons. The van der Waals surface area contributed by atoms with Crippen LogP contribution in [0.4, 0.5) is 0 Å². The van der Waals surface area contributed by atoms with Crippen LogP contribution < -0.4 is 5.56 Å². The summed E-state index contributed by atoms with van der Waals surface area (Å²) in [5.74, 6) is 0.0129. The van der Waals surface area contributed by atoms with Crippen LogP contribution in [-0.4, -0.2) is 15.9 Å². The van der Waals surface area contributed by atoms with Gasteiger partial charge in [0.15, 0.2) is 0 Å². The minimum Gasteiger partial charge on any atom is -0.453 e. The highest BCUT2D eigenvalue weighted by molar-refractivity contribution is 7.18. The van der Waals surface area contributed by atoms with Crippen LogP contribution in [0.25, 0.3) is 10.2 Å². The van der Waals surface area contributed by atoms with Gasteiger partial charge in [0.05, 0.1) is 5.39 Å². The molecule has 0 bridgehead atoms. The molecular weight excluding hydrogens is 332 g/mol. The highest BCUT2D eigenvalue weighted by Gasteiger charge is 2.21. The minimum absolute atomic E-state index is 0.0239. The Morgan fingerprint density at radius 1 is 1.43 bits per heavy atom. The van der Waals surface area contributed by atoms with Gasteiger partial charge in [-0.25, -0.2) is 9.78 Å². The van der Waals surface area contributed by atoms with Crippen molar-refractivity contribution in [3.8, 4) is 0 Å². The predicted molar refractivity (Wildman–Crippen MR) is 90.4 cm³/mol. The van der Waals surface area contributed by atoms with Gasteiger partial charge in [-0.15, -0.1) is 22.7 Å². The number of carbonyl (C=O) groups excluding carboxylic acids is 1. The van der Waals surface area contributed by atoms with E-state index in [2.05, 4.69) is 9.97 Å². The number of aryl methyl sites for hydroxylation is 3. The van der Waals surface area contributed by atoms with Gasteiger partial charge in [0.25, 0.3) is 5.56 Å². The molecule has 1 aliphatic rings. The van der Waals surface area contributed by atoms with E-state index in [1.807, 2.05) is 18.4 Å². The molecule has 7 heteroatoms. The van der Waals surface area contributed by atoms with Gasteiger partial charge in [-0.3, -0.25) is 4.79 Å². The van der Waals surface area contributed by atoms with Crippen LogP contribution in [0.5, 0.6) is 0 Å². The molecule has 0 amide bonds. The van der Waals surface area contributed by atoms with Crippen LogP contribution >= 0.6 is 22.7 Å². The van der Waals surface area contributed by atoms with E-state index in [9.17, 15) is 9.59 Å². The first-order valence-electron chi connectivity index (χ1n) is 7.38. The fraction of sp³-hybridized carbons (Fsp3) is 0.312. The van der Waals surface area contributed by atoms with Crippen LogP contribution in [0.15, 0.2) is 16.2 Å². The maximum absolute atomic E-state index is 12.3. The molecular formula is C16H14N2O3S2. The van der Waals surface area contributed by atoms with E-state index in [4.69, 9.17) is 4.74 Å². The SMILES string of the molecule is Cc1ccsc1C(=O)OCc1nc2sc3c(c2c(=O)[nH]1)CCC3. The zero-order chi connectivity index (χ0) is 16.0. The Balaban J connectivity index is 1.59. The van der Waals surface area contributed by atoms with Crippen molar-refractivity contribution in [2.24, 2.45) is 0 Å². The van der Waals surface area contributed by atoms with E-state index in [0.717, 1.165) is 35.2 Å². The van der Waals surface area contributed by atoms with E-state index in [1.54, 1.807) is 11.3 Å². The maximum Gasteiger partial charge on any atom is 0.349 e. The third-order valence-corrected chi connectivity index (χ3v) is 6.19. The summed E-state index contributed by atoms with van der Waals surface area (Å²) in [4.78, 5) is 34.2. The Morgan fingerprint density at radius 3 is 3.09 bits per heavy atom. The number of H-pyrrole nitrogens is 1. The van der Waals surface area contributed by atoms with E-state index in [-0.39, 0.29) is 18.1 Å². The lowest BCUT2D eigenvalue weighted by Crippen LogP contribution is -2.14. The molecule has 3 heterocycles. The first-order chi connectivity index (χ1) is 11.1. The van der Waals surface area contributed by atoms with Gasteiger partial charge >= 0.3 is 5.97 Å². The molecule has 5 nitrogen and oxygen atoms in total. The Morgan fingerprint density at radius 2 is 2.30 bits per heavy atom. The molecule has 0 saturated heterocycles. The summed E-state index contributed by atoms with van der Waals surface area (Å²) in [6.45, 7) is 1.84. The Kier molecular flexibility index (Phi) is 3.54. The van der Waals surface area contributed by atoms with Crippen LogP contribution in [0.3, 0.4) is 0 Å². The van der Waals surface area contributed by atoms with Gasteiger partial charge in [0.1, 0.15) is 22.1 Å². The maximum atomic E-state index is 12.3. The molecule has 0 fully saturated rings. The van der Waals surface area contributed by atoms with Crippen molar-refractivity contribution in [1.29, 1.82) is 0 Å². The highest BCUT2D eigenvalue weighted by Crippen LogP contribution is 2.34. The number of aromatic nitrogens is 2. The summed E-state index contributed by atoms with van der Waals surface area (Å²) in [7, 11) is 0. The second-order valence-electron chi connectivity index (χ2n) is 5.56. The number of thiophene rings is 2. The molecule has 0 radical (unpaired) electrons. The molecule has 3 aromatic heterocycles.